The van der Waals surface area contributed by atoms with Gasteiger partial charge in [0.05, 0.1) is 16.9 Å². The van der Waals surface area contributed by atoms with Crippen LogP contribution in [0.2, 0.25) is 0 Å². The van der Waals surface area contributed by atoms with E-state index in [9.17, 15) is 18.0 Å². The number of amides is 1. The summed E-state index contributed by atoms with van der Waals surface area (Å²) in [5.41, 5.74) is 1.71. The van der Waals surface area contributed by atoms with Crippen molar-refractivity contribution >= 4 is 17.3 Å². The molecular formula is C19H18F3N3O. The Morgan fingerprint density at radius 2 is 2.04 bits per heavy atom. The summed E-state index contributed by atoms with van der Waals surface area (Å²) in [6.45, 7) is 4.44. The number of carbonyl (C=O) groups excluding carboxylic acids is 1. The predicted molar refractivity (Wildman–Crippen MR) is 93.1 cm³/mol. The molecule has 1 unspecified atom stereocenters. The maximum atomic E-state index is 12.8. The van der Waals surface area contributed by atoms with Gasteiger partial charge in [-0.05, 0) is 54.8 Å². The molecule has 0 saturated carbocycles. The Morgan fingerprint density at radius 1 is 1.31 bits per heavy atom. The third-order valence-corrected chi connectivity index (χ3v) is 4.34. The Morgan fingerprint density at radius 3 is 2.69 bits per heavy atom. The van der Waals surface area contributed by atoms with Crippen LogP contribution in [0.4, 0.5) is 24.5 Å². The van der Waals surface area contributed by atoms with Gasteiger partial charge in [-0.1, -0.05) is 6.58 Å². The normalized spacial score (nSPS) is 16.7. The van der Waals surface area contributed by atoms with Gasteiger partial charge in [0.2, 0.25) is 5.91 Å². The fourth-order valence-corrected chi connectivity index (χ4v) is 3.06. The molecule has 26 heavy (non-hydrogen) atoms. The zero-order valence-electron chi connectivity index (χ0n) is 14.0. The molecule has 1 aromatic carbocycles. The molecule has 7 heteroatoms. The van der Waals surface area contributed by atoms with Crippen molar-refractivity contribution in [2.75, 3.05) is 18.0 Å². The highest BCUT2D eigenvalue weighted by molar-refractivity contribution is 5.86. The van der Waals surface area contributed by atoms with Crippen LogP contribution in [-0.4, -0.2) is 24.0 Å². The Labute approximate surface area is 149 Å². The largest absolute Gasteiger partial charge is 0.416 e. The molecule has 1 N–H and O–H groups in total. The number of fused-ring (bicyclic) bond motifs is 1. The van der Waals surface area contributed by atoms with Gasteiger partial charge < -0.3 is 10.2 Å². The van der Waals surface area contributed by atoms with E-state index in [1.807, 2.05) is 11.0 Å². The number of alkyl halides is 3. The number of anilines is 2. The van der Waals surface area contributed by atoms with Crippen LogP contribution in [0.15, 0.2) is 55.3 Å². The first-order valence-corrected chi connectivity index (χ1v) is 8.17. The second-order valence-electron chi connectivity index (χ2n) is 6.14. The number of halogens is 3. The summed E-state index contributed by atoms with van der Waals surface area (Å²) in [4.78, 5) is 17.8. The van der Waals surface area contributed by atoms with Crippen LogP contribution in [0.1, 0.15) is 11.3 Å². The lowest BCUT2D eigenvalue weighted by Crippen LogP contribution is -2.39. The molecule has 136 valence electrons. The van der Waals surface area contributed by atoms with Crippen LogP contribution < -0.4 is 10.2 Å². The molecule has 2 aromatic rings. The number of nitrogens with zero attached hydrogens (tertiary/aromatic N) is 2. The van der Waals surface area contributed by atoms with Crippen LogP contribution in [0.25, 0.3) is 0 Å². The quantitative estimate of drug-likeness (QED) is 0.845. The summed E-state index contributed by atoms with van der Waals surface area (Å²) >= 11 is 0. The minimum absolute atomic E-state index is 0.0867. The van der Waals surface area contributed by atoms with Gasteiger partial charge >= 0.3 is 6.18 Å². The third-order valence-electron chi connectivity index (χ3n) is 4.34. The van der Waals surface area contributed by atoms with Crippen molar-refractivity contribution in [2.24, 2.45) is 5.92 Å². The monoisotopic (exact) mass is 361 g/mol. The van der Waals surface area contributed by atoms with E-state index in [1.165, 1.54) is 18.2 Å². The number of nitrogens with one attached hydrogen (secondary N) is 1. The first-order valence-electron chi connectivity index (χ1n) is 8.17. The van der Waals surface area contributed by atoms with E-state index in [2.05, 4.69) is 16.9 Å². The molecular weight excluding hydrogens is 343 g/mol. The minimum Gasteiger partial charge on any atom is -0.352 e. The van der Waals surface area contributed by atoms with Crippen molar-refractivity contribution in [3.8, 4) is 0 Å². The average Bonchev–Trinajstić information content (AvgIpc) is 2.64. The summed E-state index contributed by atoms with van der Waals surface area (Å²) in [5, 5.41) is 2.77. The molecule has 1 aliphatic rings. The number of rotatable bonds is 4. The molecule has 0 radical (unpaired) electrons. The van der Waals surface area contributed by atoms with Gasteiger partial charge in [0.25, 0.3) is 0 Å². The number of hydrogen-bond acceptors (Lipinski definition) is 3. The lowest BCUT2D eigenvalue weighted by Gasteiger charge is -2.35. The topological polar surface area (TPSA) is 45.2 Å². The molecule has 0 saturated heterocycles. The van der Waals surface area contributed by atoms with Crippen LogP contribution in [0, 0.1) is 5.92 Å². The highest BCUT2D eigenvalue weighted by Gasteiger charge is 2.31. The van der Waals surface area contributed by atoms with E-state index in [0.29, 0.717) is 25.2 Å². The molecule has 0 spiro atoms. The van der Waals surface area contributed by atoms with Crippen molar-refractivity contribution in [1.82, 2.24) is 10.3 Å². The van der Waals surface area contributed by atoms with E-state index in [1.54, 1.807) is 12.3 Å². The Hall–Kier alpha value is -2.83. The van der Waals surface area contributed by atoms with Gasteiger partial charge in [-0.25, -0.2) is 0 Å². The fraction of sp³-hybridized carbons (Fsp3) is 0.263. The summed E-state index contributed by atoms with van der Waals surface area (Å²) in [7, 11) is 0. The summed E-state index contributed by atoms with van der Waals surface area (Å²) in [6, 6.07) is 8.78. The lowest BCUT2D eigenvalue weighted by molar-refractivity contribution is -0.137. The number of carbonyl (C=O) groups is 1. The van der Waals surface area contributed by atoms with Gasteiger partial charge in [-0.2, -0.15) is 13.2 Å². The van der Waals surface area contributed by atoms with Gasteiger partial charge in [-0.15, -0.1) is 0 Å². The molecule has 3 rings (SSSR count). The lowest BCUT2D eigenvalue weighted by atomic mass is 9.95. The van der Waals surface area contributed by atoms with E-state index in [-0.39, 0.29) is 11.8 Å². The molecule has 0 aliphatic carbocycles. The average molecular weight is 361 g/mol. The van der Waals surface area contributed by atoms with E-state index in [4.69, 9.17) is 0 Å². The summed E-state index contributed by atoms with van der Waals surface area (Å²) < 4.78 is 38.4. The van der Waals surface area contributed by atoms with Crippen LogP contribution >= 0.6 is 0 Å². The van der Waals surface area contributed by atoms with E-state index < -0.39 is 11.7 Å². The zero-order chi connectivity index (χ0) is 18.7. The smallest absolute Gasteiger partial charge is 0.352 e. The first kappa shape index (κ1) is 18.0. The highest BCUT2D eigenvalue weighted by atomic mass is 19.4. The Kier molecular flexibility index (Phi) is 4.97. The maximum Gasteiger partial charge on any atom is 0.416 e. The standard InChI is InChI=1S/C19H18F3N3O/c1-2-18(26)24-11-13-10-16-17(4-3-9-23-16)25(12-13)15-7-5-14(6-8-15)19(20,21)22/h2-9,13H,1,10-12H2,(H,24,26). The Balaban J connectivity index is 1.87. The third kappa shape index (κ3) is 3.87. The van der Waals surface area contributed by atoms with Crippen molar-refractivity contribution in [3.63, 3.8) is 0 Å². The van der Waals surface area contributed by atoms with Crippen molar-refractivity contribution in [1.29, 1.82) is 0 Å². The van der Waals surface area contributed by atoms with Crippen molar-refractivity contribution in [3.05, 3.63) is 66.5 Å². The molecule has 0 fully saturated rings. The van der Waals surface area contributed by atoms with Gasteiger partial charge in [0, 0.05) is 25.0 Å². The van der Waals surface area contributed by atoms with Crippen molar-refractivity contribution in [2.45, 2.75) is 12.6 Å². The molecule has 1 atom stereocenters. The summed E-state index contributed by atoms with van der Waals surface area (Å²) in [6.07, 6.45) is -0.779. The van der Waals surface area contributed by atoms with Crippen LogP contribution in [-0.2, 0) is 17.4 Å². The van der Waals surface area contributed by atoms with Gasteiger partial charge in [0.15, 0.2) is 0 Å². The molecule has 4 nitrogen and oxygen atoms in total. The predicted octanol–water partition coefficient (Wildman–Crippen LogP) is 3.71. The highest BCUT2D eigenvalue weighted by Crippen LogP contribution is 2.36. The fourth-order valence-electron chi connectivity index (χ4n) is 3.06. The molecule has 1 aliphatic heterocycles. The minimum atomic E-state index is -4.36. The number of benzene rings is 1. The number of hydrogen-bond donors (Lipinski definition) is 1. The molecule has 1 amide bonds. The van der Waals surface area contributed by atoms with Gasteiger partial charge in [-0.3, -0.25) is 9.78 Å². The summed E-state index contributed by atoms with van der Waals surface area (Å²) in [5.74, 6) is -0.165. The number of aromatic nitrogens is 1. The number of pyridine rings is 1. The molecule has 1 aromatic heterocycles. The van der Waals surface area contributed by atoms with Crippen LogP contribution in [0.5, 0.6) is 0 Å². The van der Waals surface area contributed by atoms with E-state index in [0.717, 1.165) is 23.5 Å². The second-order valence-corrected chi connectivity index (χ2v) is 6.14. The maximum absolute atomic E-state index is 12.8. The molecule has 0 bridgehead atoms. The first-order chi connectivity index (χ1) is 12.4. The van der Waals surface area contributed by atoms with Crippen molar-refractivity contribution < 1.29 is 18.0 Å². The van der Waals surface area contributed by atoms with E-state index >= 15 is 0 Å². The van der Waals surface area contributed by atoms with Crippen LogP contribution in [0.3, 0.4) is 0 Å². The molecule has 2 heterocycles. The second kappa shape index (κ2) is 7.19. The zero-order valence-corrected chi connectivity index (χ0v) is 14.0. The van der Waals surface area contributed by atoms with Gasteiger partial charge in [0.1, 0.15) is 0 Å². The SMILES string of the molecule is C=CC(=O)NCC1Cc2ncccc2N(c2ccc(C(F)(F)F)cc2)C1. The Bertz CT molecular complexity index is 802.